The van der Waals surface area contributed by atoms with Crippen LogP contribution in [0.4, 0.5) is 11.4 Å². The normalized spacial score (nSPS) is 10.6. The molecule has 0 atom stereocenters. The Hall–Kier alpha value is -3.26. The molecule has 3 aromatic rings. The average molecular weight is 382 g/mol. The maximum Gasteiger partial charge on any atom is 0.270 e. The van der Waals surface area contributed by atoms with Gasteiger partial charge in [-0.1, -0.05) is 29.8 Å². The number of nitro groups is 1. The molecule has 0 amide bonds. The van der Waals surface area contributed by atoms with Gasteiger partial charge in [0.25, 0.3) is 5.69 Å². The number of benzene rings is 2. The van der Waals surface area contributed by atoms with Crippen LogP contribution in [0.25, 0.3) is 10.6 Å². The van der Waals surface area contributed by atoms with Crippen molar-refractivity contribution in [3.8, 4) is 10.6 Å². The molecule has 0 spiro atoms. The highest BCUT2D eigenvalue weighted by molar-refractivity contribution is 7.13. The fourth-order valence-corrected chi connectivity index (χ4v) is 3.40. The Kier molecular flexibility index (Phi) is 5.46. The van der Waals surface area contributed by atoms with Crippen molar-refractivity contribution in [2.24, 2.45) is 0 Å². The number of non-ortho nitro benzene ring substituents is 1. The number of carbonyl (C=O) groups is 1. The molecular weight excluding hydrogens is 366 g/mol. The van der Waals surface area contributed by atoms with E-state index in [-0.39, 0.29) is 16.9 Å². The number of aromatic nitrogens is 1. The second kappa shape index (κ2) is 7.96. The summed E-state index contributed by atoms with van der Waals surface area (Å²) >= 11 is 1.55. The van der Waals surface area contributed by atoms with Crippen molar-refractivity contribution in [1.29, 1.82) is 0 Å². The zero-order valence-corrected chi connectivity index (χ0v) is 15.3. The maximum absolute atomic E-state index is 11.2. The topological polar surface area (TPSA) is 108 Å². The number of carbonyl (C=O) groups excluding carboxylic acids is 1. The van der Waals surface area contributed by atoms with Gasteiger partial charge in [0, 0.05) is 47.3 Å². The summed E-state index contributed by atoms with van der Waals surface area (Å²) in [6.07, 6.45) is 0.589. The summed E-state index contributed by atoms with van der Waals surface area (Å²) in [5, 5.41) is 27.9. The van der Waals surface area contributed by atoms with Gasteiger partial charge in [0.05, 0.1) is 16.6 Å². The largest absolute Gasteiger partial charge is 0.545 e. The molecule has 1 aromatic heterocycles. The summed E-state index contributed by atoms with van der Waals surface area (Å²) in [6.45, 7) is 2.47. The maximum atomic E-state index is 11.2. The van der Waals surface area contributed by atoms with Gasteiger partial charge < -0.3 is 15.2 Å². The van der Waals surface area contributed by atoms with Crippen molar-refractivity contribution in [2.75, 3.05) is 11.9 Å². The van der Waals surface area contributed by atoms with Crippen molar-refractivity contribution in [1.82, 2.24) is 4.98 Å². The number of carboxylic acids is 1. The van der Waals surface area contributed by atoms with Gasteiger partial charge in [0.2, 0.25) is 0 Å². The predicted molar refractivity (Wildman–Crippen MR) is 102 cm³/mol. The SMILES string of the molecule is Cc1ccc(-c2nc(CCNc3ccc([N+](=O)[O-])cc3C(=O)[O-])cs2)cc1. The number of rotatable bonds is 7. The number of nitrogens with zero attached hydrogens (tertiary/aromatic N) is 2. The van der Waals surface area contributed by atoms with E-state index >= 15 is 0 Å². The van der Waals surface area contributed by atoms with E-state index in [1.165, 1.54) is 17.7 Å². The first-order valence-corrected chi connectivity index (χ1v) is 9.07. The van der Waals surface area contributed by atoms with Crippen LogP contribution in [0, 0.1) is 17.0 Å². The summed E-state index contributed by atoms with van der Waals surface area (Å²) in [5.74, 6) is -1.46. The fourth-order valence-electron chi connectivity index (χ4n) is 2.54. The van der Waals surface area contributed by atoms with E-state index in [0.29, 0.717) is 13.0 Å². The molecule has 138 valence electrons. The Bertz CT molecular complexity index is 983. The summed E-state index contributed by atoms with van der Waals surface area (Å²) in [5.41, 5.74) is 2.89. The third kappa shape index (κ3) is 4.48. The molecule has 8 heteroatoms. The van der Waals surface area contributed by atoms with Crippen molar-refractivity contribution in [2.45, 2.75) is 13.3 Å². The van der Waals surface area contributed by atoms with Crippen LogP contribution in [0.2, 0.25) is 0 Å². The van der Waals surface area contributed by atoms with E-state index in [1.54, 1.807) is 11.3 Å². The highest BCUT2D eigenvalue weighted by Gasteiger charge is 2.12. The molecule has 2 aromatic carbocycles. The van der Waals surface area contributed by atoms with E-state index in [9.17, 15) is 20.0 Å². The van der Waals surface area contributed by atoms with Crippen LogP contribution in [0.3, 0.4) is 0 Å². The fraction of sp³-hybridized carbons (Fsp3) is 0.158. The van der Waals surface area contributed by atoms with Gasteiger partial charge in [-0.25, -0.2) is 4.98 Å². The average Bonchev–Trinajstić information content (AvgIpc) is 3.11. The molecule has 0 saturated heterocycles. The zero-order chi connectivity index (χ0) is 19.4. The molecule has 7 nitrogen and oxygen atoms in total. The molecule has 0 radical (unpaired) electrons. The highest BCUT2D eigenvalue weighted by atomic mass is 32.1. The molecule has 3 rings (SSSR count). The quantitative estimate of drug-likeness (QED) is 0.497. The lowest BCUT2D eigenvalue weighted by atomic mass is 10.1. The first-order chi connectivity index (χ1) is 12.9. The van der Waals surface area contributed by atoms with Crippen LogP contribution in [0.1, 0.15) is 21.6 Å². The molecule has 0 aliphatic carbocycles. The number of hydrogen-bond acceptors (Lipinski definition) is 7. The summed E-state index contributed by atoms with van der Waals surface area (Å²) in [6, 6.07) is 11.8. The Morgan fingerprint density at radius 3 is 2.63 bits per heavy atom. The third-order valence-electron chi connectivity index (χ3n) is 3.98. The Morgan fingerprint density at radius 1 is 1.22 bits per heavy atom. The van der Waals surface area contributed by atoms with E-state index in [4.69, 9.17) is 0 Å². The molecule has 1 N–H and O–H groups in total. The van der Waals surface area contributed by atoms with Crippen molar-refractivity contribution in [3.05, 3.63) is 74.8 Å². The van der Waals surface area contributed by atoms with Crippen molar-refractivity contribution in [3.63, 3.8) is 0 Å². The molecular formula is C19H16N3O4S-. The first kappa shape index (κ1) is 18.5. The molecule has 1 heterocycles. The Balaban J connectivity index is 1.66. The van der Waals surface area contributed by atoms with Crippen LogP contribution in [-0.4, -0.2) is 22.4 Å². The lowest BCUT2D eigenvalue weighted by molar-refractivity contribution is -0.385. The third-order valence-corrected chi connectivity index (χ3v) is 4.92. The van der Waals surface area contributed by atoms with E-state index < -0.39 is 10.9 Å². The van der Waals surface area contributed by atoms with Crippen LogP contribution >= 0.6 is 11.3 Å². The first-order valence-electron chi connectivity index (χ1n) is 8.19. The van der Waals surface area contributed by atoms with Crippen LogP contribution in [0.5, 0.6) is 0 Å². The van der Waals surface area contributed by atoms with Crippen LogP contribution in [-0.2, 0) is 6.42 Å². The van der Waals surface area contributed by atoms with Gasteiger partial charge in [-0.3, -0.25) is 10.1 Å². The molecule has 27 heavy (non-hydrogen) atoms. The second-order valence-electron chi connectivity index (χ2n) is 5.96. The highest BCUT2D eigenvalue weighted by Crippen LogP contribution is 2.25. The lowest BCUT2D eigenvalue weighted by Gasteiger charge is -2.12. The number of aryl methyl sites for hydroxylation is 1. The number of nitrogens with one attached hydrogen (secondary N) is 1. The number of aromatic carboxylic acids is 1. The Labute approximate surface area is 159 Å². The molecule has 0 aliphatic rings. The standard InChI is InChI=1S/C19H17N3O4S/c1-12-2-4-13(5-3-12)18-21-14(11-27-18)8-9-20-17-7-6-15(22(25)26)10-16(17)19(23)24/h2-7,10-11,20H,8-9H2,1H3,(H,23,24)/p-1. The number of anilines is 1. The Morgan fingerprint density at radius 2 is 1.96 bits per heavy atom. The smallest absolute Gasteiger partial charge is 0.270 e. The van der Waals surface area contributed by atoms with Crippen LogP contribution in [0.15, 0.2) is 47.8 Å². The lowest BCUT2D eigenvalue weighted by Crippen LogP contribution is -2.24. The molecule has 0 saturated carbocycles. The molecule has 0 aliphatic heterocycles. The van der Waals surface area contributed by atoms with E-state index in [1.807, 2.05) is 36.6 Å². The van der Waals surface area contributed by atoms with Gasteiger partial charge in [-0.2, -0.15) is 0 Å². The number of nitro benzene ring substituents is 1. The summed E-state index contributed by atoms with van der Waals surface area (Å²) in [4.78, 5) is 26.0. The predicted octanol–water partition coefficient (Wildman–Crippen LogP) is 3.04. The summed E-state index contributed by atoms with van der Waals surface area (Å²) in [7, 11) is 0. The van der Waals surface area contributed by atoms with Gasteiger partial charge in [0.1, 0.15) is 5.01 Å². The number of carboxylic acid groups (broad SMARTS) is 1. The van der Waals surface area contributed by atoms with E-state index in [2.05, 4.69) is 10.3 Å². The monoisotopic (exact) mass is 382 g/mol. The van der Waals surface area contributed by atoms with Gasteiger partial charge >= 0.3 is 0 Å². The molecule has 0 unspecified atom stereocenters. The van der Waals surface area contributed by atoms with Gasteiger partial charge in [0.15, 0.2) is 0 Å². The molecule has 0 fully saturated rings. The molecule has 0 bridgehead atoms. The van der Waals surface area contributed by atoms with Gasteiger partial charge in [-0.05, 0) is 13.0 Å². The minimum absolute atomic E-state index is 0.233. The minimum Gasteiger partial charge on any atom is -0.545 e. The van der Waals surface area contributed by atoms with Gasteiger partial charge in [-0.15, -0.1) is 11.3 Å². The van der Waals surface area contributed by atoms with Crippen molar-refractivity contribution >= 4 is 28.7 Å². The summed E-state index contributed by atoms with van der Waals surface area (Å²) < 4.78 is 0. The minimum atomic E-state index is -1.46. The van der Waals surface area contributed by atoms with Crippen LogP contribution < -0.4 is 10.4 Å². The second-order valence-corrected chi connectivity index (χ2v) is 6.82. The zero-order valence-electron chi connectivity index (χ0n) is 14.5. The van der Waals surface area contributed by atoms with Crippen molar-refractivity contribution < 1.29 is 14.8 Å². The number of thiazole rings is 1. The number of hydrogen-bond donors (Lipinski definition) is 1. The van der Waals surface area contributed by atoms with E-state index in [0.717, 1.165) is 22.3 Å².